The average molecular weight is 196 g/mol. The van der Waals surface area contributed by atoms with Gasteiger partial charge in [0.25, 0.3) is 0 Å². The van der Waals surface area contributed by atoms with E-state index in [9.17, 15) is 4.79 Å². The van der Waals surface area contributed by atoms with Gasteiger partial charge in [-0.05, 0) is 5.39 Å². The monoisotopic (exact) mass is 196 g/mol. The normalized spacial score (nSPS) is 14.3. The lowest BCUT2D eigenvalue weighted by atomic mass is 10.00. The first-order chi connectivity index (χ1) is 7.36. The minimum Gasteiger partial charge on any atom is -0.292 e. The van der Waals surface area contributed by atoms with E-state index in [1.165, 1.54) is 0 Å². The average Bonchev–Trinajstić information content (AvgIpc) is 2.29. The summed E-state index contributed by atoms with van der Waals surface area (Å²) < 4.78 is 0. The Morgan fingerprint density at radius 3 is 3.00 bits per heavy atom. The van der Waals surface area contributed by atoms with Crippen LogP contribution >= 0.6 is 0 Å². The molecule has 3 rings (SSSR count). The molecule has 1 aliphatic rings. The SMILES string of the molecule is O=C1CN=Cc2ncc3ccccc3c21. The van der Waals surface area contributed by atoms with E-state index in [0.717, 1.165) is 10.8 Å². The molecule has 15 heavy (non-hydrogen) atoms. The summed E-state index contributed by atoms with van der Waals surface area (Å²) in [5.74, 6) is 0.0526. The van der Waals surface area contributed by atoms with Gasteiger partial charge in [0, 0.05) is 17.8 Å². The lowest BCUT2D eigenvalue weighted by molar-refractivity contribution is 0.100. The van der Waals surface area contributed by atoms with E-state index in [1.54, 1.807) is 12.4 Å². The second-order valence-electron chi connectivity index (χ2n) is 3.50. The van der Waals surface area contributed by atoms with Gasteiger partial charge in [0.1, 0.15) is 6.54 Å². The largest absolute Gasteiger partial charge is 0.292 e. The first-order valence-electron chi connectivity index (χ1n) is 4.77. The van der Waals surface area contributed by atoms with Crippen molar-refractivity contribution in [2.75, 3.05) is 6.54 Å². The summed E-state index contributed by atoms with van der Waals surface area (Å²) in [6.45, 7) is 0.239. The van der Waals surface area contributed by atoms with Crippen LogP contribution < -0.4 is 0 Å². The maximum absolute atomic E-state index is 11.7. The molecule has 2 aromatic rings. The Balaban J connectivity index is 2.47. The zero-order valence-electron chi connectivity index (χ0n) is 7.97. The van der Waals surface area contributed by atoms with E-state index in [-0.39, 0.29) is 12.3 Å². The number of benzene rings is 1. The number of pyridine rings is 1. The van der Waals surface area contributed by atoms with E-state index in [1.807, 2.05) is 24.3 Å². The highest BCUT2D eigenvalue weighted by Crippen LogP contribution is 2.21. The Labute approximate surface area is 86.5 Å². The Bertz CT molecular complexity index is 587. The number of hydrogen-bond donors (Lipinski definition) is 0. The molecule has 2 heterocycles. The van der Waals surface area contributed by atoms with Crippen molar-refractivity contribution in [3.05, 3.63) is 41.7 Å². The maximum atomic E-state index is 11.7. The van der Waals surface area contributed by atoms with E-state index in [4.69, 9.17) is 0 Å². The van der Waals surface area contributed by atoms with Crippen LogP contribution in [0.15, 0.2) is 35.5 Å². The van der Waals surface area contributed by atoms with Gasteiger partial charge in [-0.15, -0.1) is 0 Å². The van der Waals surface area contributed by atoms with Crippen LogP contribution in [-0.4, -0.2) is 23.5 Å². The van der Waals surface area contributed by atoms with Gasteiger partial charge in [0.15, 0.2) is 5.78 Å². The minimum absolute atomic E-state index is 0.0526. The Hall–Kier alpha value is -2.03. The third-order valence-corrected chi connectivity index (χ3v) is 2.56. The molecule has 3 heteroatoms. The highest BCUT2D eigenvalue weighted by Gasteiger charge is 2.17. The molecule has 1 aromatic heterocycles. The van der Waals surface area contributed by atoms with Crippen LogP contribution in [0.5, 0.6) is 0 Å². The third kappa shape index (κ3) is 1.16. The second-order valence-corrected chi connectivity index (χ2v) is 3.50. The molecular weight excluding hydrogens is 188 g/mol. The van der Waals surface area contributed by atoms with E-state index in [2.05, 4.69) is 9.98 Å². The van der Waals surface area contributed by atoms with Crippen molar-refractivity contribution in [2.45, 2.75) is 0 Å². The molecule has 0 bridgehead atoms. The summed E-state index contributed by atoms with van der Waals surface area (Å²) in [7, 11) is 0. The zero-order valence-corrected chi connectivity index (χ0v) is 7.97. The Kier molecular flexibility index (Phi) is 1.65. The summed E-state index contributed by atoms with van der Waals surface area (Å²) in [6, 6.07) is 7.79. The molecule has 0 saturated heterocycles. The minimum atomic E-state index is 0.0526. The number of carbonyl (C=O) groups excluding carboxylic acids is 1. The van der Waals surface area contributed by atoms with Gasteiger partial charge in [-0.25, -0.2) is 0 Å². The van der Waals surface area contributed by atoms with Crippen LogP contribution in [0.3, 0.4) is 0 Å². The van der Waals surface area contributed by atoms with E-state index >= 15 is 0 Å². The molecule has 0 unspecified atom stereocenters. The molecule has 0 atom stereocenters. The fraction of sp³-hybridized carbons (Fsp3) is 0.0833. The van der Waals surface area contributed by atoms with Crippen molar-refractivity contribution in [1.82, 2.24) is 4.98 Å². The number of rotatable bonds is 0. The van der Waals surface area contributed by atoms with Gasteiger partial charge in [-0.1, -0.05) is 24.3 Å². The zero-order chi connectivity index (χ0) is 10.3. The van der Waals surface area contributed by atoms with Crippen LogP contribution in [0.2, 0.25) is 0 Å². The lowest BCUT2D eigenvalue weighted by Gasteiger charge is -2.10. The molecule has 72 valence electrons. The standard InChI is InChI=1S/C12H8N2O/c15-11-7-13-6-10-12(11)9-4-2-1-3-8(9)5-14-10/h1-6H,7H2. The summed E-state index contributed by atoms with van der Waals surface area (Å²) >= 11 is 0. The van der Waals surface area contributed by atoms with Crippen molar-refractivity contribution in [3.63, 3.8) is 0 Å². The number of Topliss-reactive ketones (excluding diaryl/α,β-unsaturated/α-hetero) is 1. The van der Waals surface area contributed by atoms with Crippen molar-refractivity contribution in [1.29, 1.82) is 0 Å². The highest BCUT2D eigenvalue weighted by molar-refractivity contribution is 6.15. The summed E-state index contributed by atoms with van der Waals surface area (Å²) in [4.78, 5) is 19.9. The van der Waals surface area contributed by atoms with Crippen LogP contribution in [0.25, 0.3) is 10.8 Å². The molecule has 0 fully saturated rings. The number of aliphatic imine (C=N–C) groups is 1. The molecule has 0 amide bonds. The predicted molar refractivity (Wildman–Crippen MR) is 58.5 cm³/mol. The number of carbonyl (C=O) groups is 1. The van der Waals surface area contributed by atoms with Gasteiger partial charge in [-0.3, -0.25) is 14.8 Å². The maximum Gasteiger partial charge on any atom is 0.187 e. The molecule has 0 radical (unpaired) electrons. The lowest BCUT2D eigenvalue weighted by Crippen LogP contribution is -2.14. The second kappa shape index (κ2) is 2.98. The van der Waals surface area contributed by atoms with Gasteiger partial charge < -0.3 is 0 Å². The molecular formula is C12H8N2O. The van der Waals surface area contributed by atoms with Crippen molar-refractivity contribution in [3.8, 4) is 0 Å². The van der Waals surface area contributed by atoms with E-state index < -0.39 is 0 Å². The number of ketones is 1. The summed E-state index contributed by atoms with van der Waals surface area (Å²) in [6.07, 6.45) is 3.45. The number of fused-ring (bicyclic) bond motifs is 3. The quantitative estimate of drug-likeness (QED) is 0.645. The van der Waals surface area contributed by atoms with Gasteiger partial charge in [0.05, 0.1) is 11.3 Å². The predicted octanol–water partition coefficient (Wildman–Crippen LogP) is 1.85. The number of nitrogens with zero attached hydrogens (tertiary/aromatic N) is 2. The molecule has 0 aliphatic carbocycles. The van der Waals surface area contributed by atoms with Gasteiger partial charge >= 0.3 is 0 Å². The Morgan fingerprint density at radius 1 is 1.20 bits per heavy atom. The topological polar surface area (TPSA) is 42.3 Å². The number of aromatic nitrogens is 1. The van der Waals surface area contributed by atoms with Crippen molar-refractivity contribution in [2.24, 2.45) is 4.99 Å². The van der Waals surface area contributed by atoms with Gasteiger partial charge in [0.2, 0.25) is 0 Å². The van der Waals surface area contributed by atoms with E-state index in [0.29, 0.717) is 11.3 Å². The van der Waals surface area contributed by atoms with Crippen LogP contribution in [0, 0.1) is 0 Å². The van der Waals surface area contributed by atoms with Gasteiger partial charge in [-0.2, -0.15) is 0 Å². The molecule has 0 saturated carbocycles. The van der Waals surface area contributed by atoms with Crippen LogP contribution in [0.4, 0.5) is 0 Å². The van der Waals surface area contributed by atoms with Crippen LogP contribution in [0.1, 0.15) is 16.1 Å². The third-order valence-electron chi connectivity index (χ3n) is 2.56. The van der Waals surface area contributed by atoms with Crippen LogP contribution in [-0.2, 0) is 0 Å². The fourth-order valence-electron chi connectivity index (χ4n) is 1.86. The molecule has 0 spiro atoms. The molecule has 3 nitrogen and oxygen atoms in total. The van der Waals surface area contributed by atoms with Crippen molar-refractivity contribution < 1.29 is 4.79 Å². The summed E-state index contributed by atoms with van der Waals surface area (Å²) in [5.41, 5.74) is 1.40. The molecule has 1 aliphatic heterocycles. The highest BCUT2D eigenvalue weighted by atomic mass is 16.1. The first-order valence-corrected chi connectivity index (χ1v) is 4.77. The Morgan fingerprint density at radius 2 is 2.07 bits per heavy atom. The summed E-state index contributed by atoms with van der Waals surface area (Å²) in [5, 5.41) is 1.97. The molecule has 0 N–H and O–H groups in total. The fourth-order valence-corrected chi connectivity index (χ4v) is 1.86. The van der Waals surface area contributed by atoms with Crippen molar-refractivity contribution >= 4 is 22.8 Å². The molecule has 1 aromatic carbocycles. The smallest absolute Gasteiger partial charge is 0.187 e. The first kappa shape index (κ1) is 8.29. The number of hydrogen-bond acceptors (Lipinski definition) is 3.